The second kappa shape index (κ2) is 5.64. The minimum absolute atomic E-state index is 0.0453. The molecule has 1 aromatic carbocycles. The number of hydrogen-bond acceptors (Lipinski definition) is 4. The Hall–Kier alpha value is -1.88. The molecule has 94 valence electrons. The summed E-state index contributed by atoms with van der Waals surface area (Å²) in [5.41, 5.74) is 0.791. The lowest BCUT2D eigenvalue weighted by Crippen LogP contribution is -2.26. The number of anilines is 1. The highest BCUT2D eigenvalue weighted by Crippen LogP contribution is 2.22. The van der Waals surface area contributed by atoms with Crippen molar-refractivity contribution in [2.45, 2.75) is 6.92 Å². The highest BCUT2D eigenvalue weighted by molar-refractivity contribution is 6.31. The van der Waals surface area contributed by atoms with Gasteiger partial charge in [-0.25, -0.2) is 9.97 Å². The van der Waals surface area contributed by atoms with Crippen molar-refractivity contribution in [3.8, 4) is 0 Å². The van der Waals surface area contributed by atoms with E-state index in [1.54, 1.807) is 12.1 Å². The Morgan fingerprint density at radius 2 is 2.17 bits per heavy atom. The summed E-state index contributed by atoms with van der Waals surface area (Å²) in [6.45, 7) is 2.64. The standard InChI is InChI=1S/C12H13ClN4O/c1-8(18)14-4-5-15-12-10-3-2-9(13)6-11(10)16-7-17-12/h2-3,6-7H,4-5H2,1H3,(H,14,18)(H,15,16,17). The zero-order valence-electron chi connectivity index (χ0n) is 9.90. The summed E-state index contributed by atoms with van der Waals surface area (Å²) in [5, 5.41) is 7.41. The summed E-state index contributed by atoms with van der Waals surface area (Å²) in [5.74, 6) is 0.693. The van der Waals surface area contributed by atoms with E-state index in [0.717, 1.165) is 16.7 Å². The first-order chi connectivity index (χ1) is 8.66. The summed E-state index contributed by atoms with van der Waals surface area (Å²) in [6, 6.07) is 5.46. The van der Waals surface area contributed by atoms with Crippen LogP contribution in [0.2, 0.25) is 5.02 Å². The maximum atomic E-state index is 10.7. The zero-order chi connectivity index (χ0) is 13.0. The molecule has 5 nitrogen and oxygen atoms in total. The van der Waals surface area contributed by atoms with Crippen LogP contribution in [0.4, 0.5) is 5.82 Å². The quantitative estimate of drug-likeness (QED) is 0.827. The summed E-state index contributed by atoms with van der Waals surface area (Å²) >= 11 is 5.90. The van der Waals surface area contributed by atoms with Crippen LogP contribution >= 0.6 is 11.6 Å². The fourth-order valence-electron chi connectivity index (χ4n) is 1.59. The third kappa shape index (κ3) is 3.07. The number of nitrogens with zero attached hydrogens (tertiary/aromatic N) is 2. The van der Waals surface area contributed by atoms with Gasteiger partial charge in [0.15, 0.2) is 0 Å². The number of carbonyl (C=O) groups is 1. The molecule has 0 bridgehead atoms. The van der Waals surface area contributed by atoms with E-state index >= 15 is 0 Å². The molecule has 0 radical (unpaired) electrons. The van der Waals surface area contributed by atoms with Gasteiger partial charge in [-0.1, -0.05) is 11.6 Å². The number of carbonyl (C=O) groups excluding carboxylic acids is 1. The molecule has 6 heteroatoms. The van der Waals surface area contributed by atoms with E-state index in [1.165, 1.54) is 13.3 Å². The van der Waals surface area contributed by atoms with Gasteiger partial charge in [0.05, 0.1) is 5.52 Å². The van der Waals surface area contributed by atoms with Crippen LogP contribution in [0, 0.1) is 0 Å². The maximum absolute atomic E-state index is 10.7. The summed E-state index contributed by atoms with van der Waals surface area (Å²) in [7, 11) is 0. The Morgan fingerprint density at radius 3 is 2.94 bits per heavy atom. The van der Waals surface area contributed by atoms with Crippen LogP contribution in [0.5, 0.6) is 0 Å². The van der Waals surface area contributed by atoms with E-state index in [4.69, 9.17) is 11.6 Å². The third-order valence-electron chi connectivity index (χ3n) is 2.39. The highest BCUT2D eigenvalue weighted by Gasteiger charge is 2.03. The number of hydrogen-bond donors (Lipinski definition) is 2. The van der Waals surface area contributed by atoms with Crippen LogP contribution in [0.3, 0.4) is 0 Å². The molecule has 0 spiro atoms. The van der Waals surface area contributed by atoms with E-state index in [2.05, 4.69) is 20.6 Å². The van der Waals surface area contributed by atoms with Crippen LogP contribution in [0.15, 0.2) is 24.5 Å². The second-order valence-corrected chi connectivity index (χ2v) is 4.23. The van der Waals surface area contributed by atoms with Gasteiger partial charge in [-0.15, -0.1) is 0 Å². The molecule has 2 aromatic rings. The monoisotopic (exact) mass is 264 g/mol. The molecule has 0 unspecified atom stereocenters. The van der Waals surface area contributed by atoms with Crippen molar-refractivity contribution >= 4 is 34.2 Å². The number of rotatable bonds is 4. The molecular weight excluding hydrogens is 252 g/mol. The van der Waals surface area contributed by atoms with E-state index in [1.807, 2.05) is 6.07 Å². The molecule has 1 heterocycles. The Labute approximate surface area is 110 Å². The summed E-state index contributed by atoms with van der Waals surface area (Å²) in [4.78, 5) is 19.1. The number of aromatic nitrogens is 2. The van der Waals surface area contributed by atoms with Gasteiger partial charge >= 0.3 is 0 Å². The lowest BCUT2D eigenvalue weighted by molar-refractivity contribution is -0.118. The molecule has 18 heavy (non-hydrogen) atoms. The topological polar surface area (TPSA) is 66.9 Å². The van der Waals surface area contributed by atoms with Crippen molar-refractivity contribution in [3.05, 3.63) is 29.5 Å². The number of halogens is 1. The van der Waals surface area contributed by atoms with Crippen molar-refractivity contribution in [2.75, 3.05) is 18.4 Å². The lowest BCUT2D eigenvalue weighted by atomic mass is 10.2. The van der Waals surface area contributed by atoms with E-state index in [9.17, 15) is 4.79 Å². The van der Waals surface area contributed by atoms with Crippen LogP contribution in [0.1, 0.15) is 6.92 Å². The molecule has 0 aliphatic rings. The smallest absolute Gasteiger partial charge is 0.216 e. The van der Waals surface area contributed by atoms with Crippen molar-refractivity contribution in [1.29, 1.82) is 0 Å². The maximum Gasteiger partial charge on any atom is 0.216 e. The number of nitrogens with one attached hydrogen (secondary N) is 2. The average Bonchev–Trinajstić information content (AvgIpc) is 2.34. The molecule has 0 aliphatic carbocycles. The van der Waals surface area contributed by atoms with E-state index in [-0.39, 0.29) is 5.91 Å². The SMILES string of the molecule is CC(=O)NCCNc1ncnc2cc(Cl)ccc12. The third-order valence-corrected chi connectivity index (χ3v) is 2.63. The molecule has 0 saturated heterocycles. The molecule has 1 amide bonds. The van der Waals surface area contributed by atoms with Crippen LogP contribution < -0.4 is 10.6 Å². The minimum atomic E-state index is -0.0453. The largest absolute Gasteiger partial charge is 0.368 e. The van der Waals surface area contributed by atoms with Crippen LogP contribution in [-0.2, 0) is 4.79 Å². The van der Waals surface area contributed by atoms with E-state index < -0.39 is 0 Å². The van der Waals surface area contributed by atoms with Gasteiger partial charge in [0.1, 0.15) is 12.1 Å². The lowest BCUT2D eigenvalue weighted by Gasteiger charge is -2.08. The van der Waals surface area contributed by atoms with Gasteiger partial charge in [-0.3, -0.25) is 4.79 Å². The number of benzene rings is 1. The molecule has 2 N–H and O–H groups in total. The highest BCUT2D eigenvalue weighted by atomic mass is 35.5. The molecule has 0 saturated carbocycles. The Balaban J connectivity index is 2.11. The van der Waals surface area contributed by atoms with Crippen LogP contribution in [-0.4, -0.2) is 29.0 Å². The Bertz CT molecular complexity index is 573. The van der Waals surface area contributed by atoms with E-state index in [0.29, 0.717) is 18.1 Å². The van der Waals surface area contributed by atoms with Gasteiger partial charge < -0.3 is 10.6 Å². The molecule has 0 atom stereocenters. The van der Waals surface area contributed by atoms with Crippen LogP contribution in [0.25, 0.3) is 10.9 Å². The fourth-order valence-corrected chi connectivity index (χ4v) is 1.76. The minimum Gasteiger partial charge on any atom is -0.368 e. The Morgan fingerprint density at radius 1 is 1.33 bits per heavy atom. The number of fused-ring (bicyclic) bond motifs is 1. The van der Waals surface area contributed by atoms with Gasteiger partial charge in [0, 0.05) is 30.4 Å². The van der Waals surface area contributed by atoms with Gasteiger partial charge in [0.2, 0.25) is 5.91 Å². The first kappa shape index (κ1) is 12.6. The average molecular weight is 265 g/mol. The summed E-state index contributed by atoms with van der Waals surface area (Å²) in [6.07, 6.45) is 1.49. The first-order valence-electron chi connectivity index (χ1n) is 5.55. The second-order valence-electron chi connectivity index (χ2n) is 3.79. The fraction of sp³-hybridized carbons (Fsp3) is 0.250. The normalized spacial score (nSPS) is 10.3. The predicted octanol–water partition coefficient (Wildman–Crippen LogP) is 1.83. The molecule has 1 aromatic heterocycles. The molecule has 0 aliphatic heterocycles. The molecule has 2 rings (SSSR count). The molecular formula is C12H13ClN4O. The Kier molecular flexibility index (Phi) is 3.94. The van der Waals surface area contributed by atoms with Gasteiger partial charge in [-0.2, -0.15) is 0 Å². The van der Waals surface area contributed by atoms with Crippen molar-refractivity contribution in [2.24, 2.45) is 0 Å². The van der Waals surface area contributed by atoms with Crippen molar-refractivity contribution in [3.63, 3.8) is 0 Å². The van der Waals surface area contributed by atoms with Gasteiger partial charge in [0.25, 0.3) is 0 Å². The summed E-state index contributed by atoms with van der Waals surface area (Å²) < 4.78 is 0. The predicted molar refractivity (Wildman–Crippen MR) is 71.7 cm³/mol. The first-order valence-corrected chi connectivity index (χ1v) is 5.93. The van der Waals surface area contributed by atoms with Crippen molar-refractivity contribution < 1.29 is 4.79 Å². The van der Waals surface area contributed by atoms with Crippen molar-refractivity contribution in [1.82, 2.24) is 15.3 Å². The zero-order valence-corrected chi connectivity index (χ0v) is 10.7. The molecule has 0 fully saturated rings. The number of amides is 1. The van der Waals surface area contributed by atoms with Gasteiger partial charge in [-0.05, 0) is 18.2 Å².